The first-order chi connectivity index (χ1) is 7.13. The van der Waals surface area contributed by atoms with E-state index >= 15 is 0 Å². The van der Waals surface area contributed by atoms with Gasteiger partial charge in [-0.2, -0.15) is 0 Å². The largest absolute Gasteiger partial charge is 0.351 e. The third kappa shape index (κ3) is 3.83. The van der Waals surface area contributed by atoms with E-state index in [9.17, 15) is 4.79 Å². The van der Waals surface area contributed by atoms with Gasteiger partial charge in [-0.05, 0) is 23.4 Å². The van der Waals surface area contributed by atoms with Crippen LogP contribution in [-0.2, 0) is 6.54 Å². The fourth-order valence-corrected chi connectivity index (χ4v) is 1.87. The summed E-state index contributed by atoms with van der Waals surface area (Å²) in [6.45, 7) is 2.69. The van der Waals surface area contributed by atoms with Crippen LogP contribution in [0.5, 0.6) is 0 Å². The van der Waals surface area contributed by atoms with Gasteiger partial charge in [0.15, 0.2) is 0 Å². The summed E-state index contributed by atoms with van der Waals surface area (Å²) >= 11 is 1.80. The van der Waals surface area contributed by atoms with Gasteiger partial charge < -0.3 is 10.6 Å². The van der Waals surface area contributed by atoms with Crippen LogP contribution in [0.3, 0.4) is 0 Å². The minimum Gasteiger partial charge on any atom is -0.351 e. The number of primary amides is 1. The Labute approximate surface area is 94.6 Å². The fraction of sp³-hybridized carbons (Fsp3) is 0.364. The van der Waals surface area contributed by atoms with E-state index in [1.807, 2.05) is 12.1 Å². The van der Waals surface area contributed by atoms with Crippen molar-refractivity contribution in [2.75, 3.05) is 12.8 Å². The van der Waals surface area contributed by atoms with Crippen LogP contribution in [0.15, 0.2) is 29.2 Å². The van der Waals surface area contributed by atoms with Crippen LogP contribution in [-0.4, -0.2) is 23.7 Å². The van der Waals surface area contributed by atoms with Crippen molar-refractivity contribution in [1.29, 1.82) is 0 Å². The average Bonchev–Trinajstić information content (AvgIpc) is 2.21. The molecule has 82 valence electrons. The molecular formula is C11H16N2OS. The summed E-state index contributed by atoms with van der Waals surface area (Å²) in [5.41, 5.74) is 6.24. The molecule has 0 saturated carbocycles. The topological polar surface area (TPSA) is 46.3 Å². The molecule has 0 radical (unpaired) electrons. The Morgan fingerprint density at radius 2 is 2.00 bits per heavy atom. The van der Waals surface area contributed by atoms with Gasteiger partial charge in [0.05, 0.1) is 0 Å². The normalized spacial score (nSPS) is 10.0. The molecule has 2 N–H and O–H groups in total. The van der Waals surface area contributed by atoms with Crippen molar-refractivity contribution in [3.63, 3.8) is 0 Å². The van der Waals surface area contributed by atoms with Crippen LogP contribution < -0.4 is 5.73 Å². The van der Waals surface area contributed by atoms with E-state index < -0.39 is 6.03 Å². The smallest absolute Gasteiger partial charge is 0.314 e. The number of nitrogens with two attached hydrogens (primary N) is 1. The molecule has 15 heavy (non-hydrogen) atoms. The van der Waals surface area contributed by atoms with Gasteiger partial charge in [0.25, 0.3) is 0 Å². The third-order valence-corrected chi connectivity index (χ3v) is 2.92. The first-order valence-electron chi connectivity index (χ1n) is 4.85. The maximum Gasteiger partial charge on any atom is 0.314 e. The van der Waals surface area contributed by atoms with E-state index in [0.29, 0.717) is 6.54 Å². The van der Waals surface area contributed by atoms with Crippen molar-refractivity contribution in [3.8, 4) is 0 Å². The summed E-state index contributed by atoms with van der Waals surface area (Å²) in [5, 5.41) is 0. The van der Waals surface area contributed by atoms with Gasteiger partial charge in [-0.15, -0.1) is 11.8 Å². The highest BCUT2D eigenvalue weighted by Gasteiger charge is 2.03. The monoisotopic (exact) mass is 224 g/mol. The standard InChI is InChI=1S/C11H16N2OS/c1-3-15-10-6-4-9(5-7-10)8-13(2)11(12)14/h4-7H,3,8H2,1-2H3,(H2,12,14). The Balaban J connectivity index is 2.60. The number of hydrogen-bond acceptors (Lipinski definition) is 2. The number of nitrogens with zero attached hydrogens (tertiary/aromatic N) is 1. The quantitative estimate of drug-likeness (QED) is 0.798. The molecule has 1 aromatic carbocycles. The van der Waals surface area contributed by atoms with Crippen LogP contribution in [0.4, 0.5) is 4.79 Å². The summed E-state index contributed by atoms with van der Waals surface area (Å²) < 4.78 is 0. The zero-order chi connectivity index (χ0) is 11.3. The van der Waals surface area contributed by atoms with Crippen molar-refractivity contribution in [2.45, 2.75) is 18.4 Å². The lowest BCUT2D eigenvalue weighted by molar-refractivity contribution is 0.216. The Hall–Kier alpha value is -1.16. The molecule has 0 aliphatic rings. The molecule has 0 spiro atoms. The van der Waals surface area contributed by atoms with Gasteiger partial charge in [-0.25, -0.2) is 4.79 Å². The van der Waals surface area contributed by atoms with Gasteiger partial charge in [0.1, 0.15) is 0 Å². The molecule has 0 bridgehead atoms. The van der Waals surface area contributed by atoms with Crippen molar-refractivity contribution in [3.05, 3.63) is 29.8 Å². The Morgan fingerprint density at radius 3 is 2.47 bits per heavy atom. The Kier molecular flexibility index (Phi) is 4.49. The second kappa shape index (κ2) is 5.66. The first-order valence-corrected chi connectivity index (χ1v) is 5.84. The van der Waals surface area contributed by atoms with Crippen LogP contribution in [0.1, 0.15) is 12.5 Å². The van der Waals surface area contributed by atoms with Crippen LogP contribution in [0.25, 0.3) is 0 Å². The van der Waals surface area contributed by atoms with Gasteiger partial charge in [-0.1, -0.05) is 19.1 Å². The highest BCUT2D eigenvalue weighted by molar-refractivity contribution is 7.99. The molecule has 0 aromatic heterocycles. The number of amides is 2. The number of carbonyl (C=O) groups excluding carboxylic acids is 1. The number of rotatable bonds is 4. The molecule has 0 atom stereocenters. The highest BCUT2D eigenvalue weighted by Crippen LogP contribution is 2.18. The van der Waals surface area contributed by atoms with Crippen LogP contribution >= 0.6 is 11.8 Å². The summed E-state index contributed by atoms with van der Waals surface area (Å²) in [4.78, 5) is 13.6. The number of thioether (sulfide) groups is 1. The zero-order valence-corrected chi connectivity index (χ0v) is 9.88. The third-order valence-electron chi connectivity index (χ3n) is 2.03. The lowest BCUT2D eigenvalue weighted by Gasteiger charge is -2.14. The Morgan fingerprint density at radius 1 is 1.40 bits per heavy atom. The predicted octanol–water partition coefficient (Wildman–Crippen LogP) is 2.31. The fourth-order valence-electron chi connectivity index (χ4n) is 1.21. The van der Waals surface area contributed by atoms with Crippen molar-refractivity contribution >= 4 is 17.8 Å². The molecule has 3 nitrogen and oxygen atoms in total. The molecule has 0 fully saturated rings. The SMILES string of the molecule is CCSc1ccc(CN(C)C(N)=O)cc1. The molecule has 0 aliphatic heterocycles. The van der Waals surface area contributed by atoms with Gasteiger partial charge in [0.2, 0.25) is 0 Å². The zero-order valence-electron chi connectivity index (χ0n) is 9.06. The minimum absolute atomic E-state index is 0.401. The molecule has 0 saturated heterocycles. The summed E-state index contributed by atoms with van der Waals surface area (Å²) in [5.74, 6) is 1.07. The minimum atomic E-state index is -0.401. The van der Waals surface area contributed by atoms with Gasteiger partial charge >= 0.3 is 6.03 Å². The molecule has 1 rings (SSSR count). The van der Waals surface area contributed by atoms with E-state index in [1.165, 1.54) is 9.80 Å². The van der Waals surface area contributed by atoms with Crippen molar-refractivity contribution in [2.24, 2.45) is 5.73 Å². The number of urea groups is 1. The Bertz CT molecular complexity index is 324. The van der Waals surface area contributed by atoms with Crippen LogP contribution in [0.2, 0.25) is 0 Å². The van der Waals surface area contributed by atoms with E-state index in [1.54, 1.807) is 18.8 Å². The van der Waals surface area contributed by atoms with Crippen molar-refractivity contribution in [1.82, 2.24) is 4.90 Å². The number of carbonyl (C=O) groups is 1. The molecule has 0 unspecified atom stereocenters. The maximum absolute atomic E-state index is 10.8. The van der Waals surface area contributed by atoms with E-state index in [4.69, 9.17) is 5.73 Å². The first kappa shape index (κ1) is 11.9. The molecule has 0 heterocycles. The average molecular weight is 224 g/mol. The second-order valence-electron chi connectivity index (χ2n) is 3.27. The predicted molar refractivity (Wildman–Crippen MR) is 63.9 cm³/mol. The lowest BCUT2D eigenvalue weighted by Crippen LogP contribution is -2.31. The molecular weight excluding hydrogens is 208 g/mol. The van der Waals surface area contributed by atoms with Gasteiger partial charge in [-0.3, -0.25) is 0 Å². The summed E-state index contributed by atoms with van der Waals surface area (Å²) in [7, 11) is 1.69. The highest BCUT2D eigenvalue weighted by atomic mass is 32.2. The molecule has 4 heteroatoms. The van der Waals surface area contributed by atoms with E-state index in [-0.39, 0.29) is 0 Å². The van der Waals surface area contributed by atoms with E-state index in [2.05, 4.69) is 19.1 Å². The molecule has 0 aliphatic carbocycles. The van der Waals surface area contributed by atoms with Gasteiger partial charge in [0, 0.05) is 18.5 Å². The second-order valence-corrected chi connectivity index (χ2v) is 4.61. The van der Waals surface area contributed by atoms with E-state index in [0.717, 1.165) is 11.3 Å². The van der Waals surface area contributed by atoms with Crippen LogP contribution in [0, 0.1) is 0 Å². The summed E-state index contributed by atoms with van der Waals surface area (Å²) in [6, 6.07) is 7.79. The summed E-state index contributed by atoms with van der Waals surface area (Å²) in [6.07, 6.45) is 0. The number of benzene rings is 1. The maximum atomic E-state index is 10.8. The molecule has 1 aromatic rings. The molecule has 2 amide bonds. The number of hydrogen-bond donors (Lipinski definition) is 1. The van der Waals surface area contributed by atoms with Crippen molar-refractivity contribution < 1.29 is 4.79 Å². The lowest BCUT2D eigenvalue weighted by atomic mass is 10.2.